The van der Waals surface area contributed by atoms with Gasteiger partial charge < -0.3 is 4.90 Å². The van der Waals surface area contributed by atoms with Crippen molar-refractivity contribution in [3.8, 4) is 0 Å². The molecule has 0 atom stereocenters. The second-order valence-corrected chi connectivity index (χ2v) is 14.6. The molecule has 0 N–H and O–H groups in total. The highest BCUT2D eigenvalue weighted by molar-refractivity contribution is 5.92. The van der Waals surface area contributed by atoms with E-state index < -0.39 is 0 Å². The zero-order chi connectivity index (χ0) is 37.4. The minimum Gasteiger partial charge on any atom is -0.310 e. The number of hydrogen-bond donors (Lipinski definition) is 0. The van der Waals surface area contributed by atoms with Gasteiger partial charge in [0.15, 0.2) is 0 Å². The first-order valence-corrected chi connectivity index (χ1v) is 19.6. The molecule has 1 aliphatic carbocycles. The Morgan fingerprint density at radius 3 is 1.62 bits per heavy atom. The molecule has 0 amide bonds. The lowest BCUT2D eigenvalue weighted by Gasteiger charge is -2.29. The molecule has 1 heteroatoms. The first-order chi connectivity index (χ1) is 27.1. The zero-order valence-electron chi connectivity index (χ0n) is 31.8. The van der Waals surface area contributed by atoms with E-state index in [0.717, 1.165) is 35.3 Å². The van der Waals surface area contributed by atoms with Crippen molar-refractivity contribution in [2.24, 2.45) is 0 Å². The maximum Gasteiger partial charge on any atom is 0.0533 e. The number of rotatable bonds is 10. The molecule has 55 heavy (non-hydrogen) atoms. The van der Waals surface area contributed by atoms with Gasteiger partial charge in [-0.2, -0.15) is 0 Å². The first kappa shape index (κ1) is 35.6. The monoisotopic (exact) mass is 709 g/mol. The van der Waals surface area contributed by atoms with E-state index in [1.807, 2.05) is 0 Å². The van der Waals surface area contributed by atoms with Crippen molar-refractivity contribution in [1.82, 2.24) is 0 Å². The summed E-state index contributed by atoms with van der Waals surface area (Å²) in [5.41, 5.74) is 18.5. The smallest absolute Gasteiger partial charge is 0.0533 e. The number of allylic oxidation sites excluding steroid dienone is 2. The maximum atomic E-state index is 2.43. The van der Waals surface area contributed by atoms with Crippen molar-refractivity contribution < 1.29 is 0 Å². The number of aryl methyl sites for hydroxylation is 4. The predicted octanol–water partition coefficient (Wildman–Crippen LogP) is 14.4. The lowest BCUT2D eigenvalue weighted by Crippen LogP contribution is -2.13. The maximum absolute atomic E-state index is 2.43. The van der Waals surface area contributed by atoms with Crippen LogP contribution >= 0.6 is 0 Å². The highest BCUT2D eigenvalue weighted by atomic mass is 15.1. The lowest BCUT2D eigenvalue weighted by atomic mass is 9.91. The van der Waals surface area contributed by atoms with Crippen LogP contribution in [0, 0.1) is 13.8 Å². The second-order valence-electron chi connectivity index (χ2n) is 14.6. The summed E-state index contributed by atoms with van der Waals surface area (Å²) in [6.45, 7) is 4.28. The van der Waals surface area contributed by atoms with Crippen LogP contribution in [0.4, 0.5) is 17.1 Å². The molecule has 1 nitrogen and oxygen atoms in total. The van der Waals surface area contributed by atoms with E-state index in [2.05, 4.69) is 219 Å². The van der Waals surface area contributed by atoms with Gasteiger partial charge in [0.2, 0.25) is 0 Å². The quantitative estimate of drug-likeness (QED) is 0.101. The molecule has 1 aliphatic rings. The predicted molar refractivity (Wildman–Crippen MR) is 236 cm³/mol. The lowest BCUT2D eigenvalue weighted by molar-refractivity contribution is 0.685. The molecule has 0 saturated carbocycles. The highest BCUT2D eigenvalue weighted by Crippen LogP contribution is 2.39. The molecule has 0 radical (unpaired) electrons. The van der Waals surface area contributed by atoms with Gasteiger partial charge in [-0.05, 0) is 132 Å². The van der Waals surface area contributed by atoms with Crippen molar-refractivity contribution in [3.63, 3.8) is 0 Å². The third-order valence-corrected chi connectivity index (χ3v) is 10.7. The Kier molecular flexibility index (Phi) is 10.8. The van der Waals surface area contributed by atoms with Gasteiger partial charge in [-0.1, -0.05) is 175 Å². The van der Waals surface area contributed by atoms with E-state index >= 15 is 0 Å². The Hall–Kier alpha value is -6.44. The minimum atomic E-state index is 1.13. The van der Waals surface area contributed by atoms with E-state index in [0.29, 0.717) is 0 Å². The van der Waals surface area contributed by atoms with Gasteiger partial charge in [0.1, 0.15) is 0 Å². The van der Waals surface area contributed by atoms with Gasteiger partial charge in [0, 0.05) is 11.4 Å². The van der Waals surface area contributed by atoms with E-state index in [-0.39, 0.29) is 0 Å². The highest BCUT2D eigenvalue weighted by Gasteiger charge is 2.18. The van der Waals surface area contributed by atoms with Crippen molar-refractivity contribution >= 4 is 40.4 Å². The molecule has 8 rings (SSSR count). The van der Waals surface area contributed by atoms with E-state index in [1.165, 1.54) is 74.2 Å². The molecular formula is C54H47N. The Bertz CT molecular complexity index is 2360. The Morgan fingerprint density at radius 1 is 0.473 bits per heavy atom. The van der Waals surface area contributed by atoms with Crippen LogP contribution in [0.5, 0.6) is 0 Å². The average Bonchev–Trinajstić information content (AvgIpc) is 3.24. The molecule has 0 fully saturated rings. The van der Waals surface area contributed by atoms with E-state index in [4.69, 9.17) is 0 Å². The first-order valence-electron chi connectivity index (χ1n) is 19.6. The third-order valence-electron chi connectivity index (χ3n) is 10.7. The number of benzene rings is 7. The number of para-hydroxylation sites is 1. The van der Waals surface area contributed by atoms with Crippen molar-refractivity contribution in [2.45, 2.75) is 39.5 Å². The van der Waals surface area contributed by atoms with Gasteiger partial charge in [0.25, 0.3) is 0 Å². The summed E-state index contributed by atoms with van der Waals surface area (Å²) >= 11 is 0. The summed E-state index contributed by atoms with van der Waals surface area (Å²) in [4.78, 5) is 2.43. The van der Waals surface area contributed by atoms with Crippen LogP contribution in [0.3, 0.4) is 0 Å². The fourth-order valence-electron chi connectivity index (χ4n) is 7.65. The summed E-state index contributed by atoms with van der Waals surface area (Å²) in [5.74, 6) is 0. The van der Waals surface area contributed by atoms with E-state index in [9.17, 15) is 0 Å². The molecule has 0 aromatic heterocycles. The van der Waals surface area contributed by atoms with E-state index in [1.54, 1.807) is 0 Å². The molecular weight excluding hydrogens is 663 g/mol. The molecule has 7 aromatic carbocycles. The number of fused-ring (bicyclic) bond motifs is 1. The van der Waals surface area contributed by atoms with Gasteiger partial charge in [0.05, 0.1) is 5.69 Å². The molecule has 7 aromatic rings. The summed E-state index contributed by atoms with van der Waals surface area (Å²) < 4.78 is 0. The molecule has 0 spiro atoms. The van der Waals surface area contributed by atoms with Crippen LogP contribution in [0.15, 0.2) is 188 Å². The normalized spacial score (nSPS) is 12.2. The van der Waals surface area contributed by atoms with Crippen LogP contribution in [-0.2, 0) is 12.8 Å². The molecule has 0 bridgehead atoms. The van der Waals surface area contributed by atoms with Crippen molar-refractivity contribution in [3.05, 3.63) is 244 Å². The molecule has 0 aliphatic heterocycles. The Balaban J connectivity index is 1.20. The minimum absolute atomic E-state index is 1.13. The van der Waals surface area contributed by atoms with Crippen LogP contribution in [-0.4, -0.2) is 0 Å². The number of nitrogens with zero attached hydrogens (tertiary/aromatic N) is 1. The summed E-state index contributed by atoms with van der Waals surface area (Å²) in [7, 11) is 0. The number of anilines is 3. The zero-order valence-corrected chi connectivity index (χ0v) is 31.8. The van der Waals surface area contributed by atoms with Gasteiger partial charge >= 0.3 is 0 Å². The largest absolute Gasteiger partial charge is 0.310 e. The van der Waals surface area contributed by atoms with Crippen molar-refractivity contribution in [2.75, 3.05) is 4.90 Å². The summed E-state index contributed by atoms with van der Waals surface area (Å²) in [5, 5.41) is 0. The van der Waals surface area contributed by atoms with Crippen molar-refractivity contribution in [1.29, 1.82) is 0 Å². The topological polar surface area (TPSA) is 3.24 Å². The standard InChI is InChI=1S/C54H47N/c1-40-24-30-46(31-25-40)53(47-32-26-41(2)27-33-47)38-42-28-35-50(36-29-42)55(51-37-34-43-14-9-10-20-49(43)39-51)54-23-12-11-19-48(54)21-13-22-52(44-15-5-3-6-16-44)45-17-7-4-8-18-45/h3-8,11-13,15-19,21-39H,9-10,14,20H2,1-2H3/b21-13+. The molecule has 0 unspecified atom stereocenters. The Labute approximate surface area is 327 Å². The third kappa shape index (κ3) is 8.38. The summed E-state index contributed by atoms with van der Waals surface area (Å²) in [6.07, 6.45) is 13.8. The molecule has 268 valence electrons. The fourth-order valence-corrected chi connectivity index (χ4v) is 7.65. The summed E-state index contributed by atoms with van der Waals surface area (Å²) in [6, 6.07) is 63.9. The second kappa shape index (κ2) is 16.7. The average molecular weight is 710 g/mol. The number of hydrogen-bond acceptors (Lipinski definition) is 1. The van der Waals surface area contributed by atoms with Crippen LogP contribution < -0.4 is 4.90 Å². The van der Waals surface area contributed by atoms with Crippen LogP contribution in [0.1, 0.15) is 68.5 Å². The van der Waals surface area contributed by atoms with Gasteiger partial charge in [-0.25, -0.2) is 0 Å². The SMILES string of the molecule is Cc1ccc(C(=Cc2ccc(N(c3ccc4c(c3)CCCC4)c3ccccc3/C=C/C=C(c3ccccc3)c3ccccc3)cc2)c2ccc(C)cc2)cc1. The van der Waals surface area contributed by atoms with Crippen LogP contribution in [0.25, 0.3) is 23.3 Å². The van der Waals surface area contributed by atoms with Gasteiger partial charge in [-0.15, -0.1) is 0 Å². The molecule has 0 saturated heterocycles. The molecule has 0 heterocycles. The fraction of sp³-hybridized carbons (Fsp3) is 0.111. The van der Waals surface area contributed by atoms with Gasteiger partial charge in [-0.3, -0.25) is 0 Å². The van der Waals surface area contributed by atoms with Crippen LogP contribution in [0.2, 0.25) is 0 Å². The Morgan fingerprint density at radius 2 is 1.00 bits per heavy atom.